The number of rotatable bonds is 4. The van der Waals surface area contributed by atoms with E-state index in [4.69, 9.17) is 16.3 Å². The Morgan fingerprint density at radius 2 is 2.00 bits per heavy atom. The molecular weight excluding hydrogens is 267 g/mol. The Morgan fingerprint density at radius 3 is 2.58 bits per heavy atom. The Kier molecular flexibility index (Phi) is 4.22. The molecule has 0 unspecified atom stereocenters. The fourth-order valence-corrected chi connectivity index (χ4v) is 1.91. The molecule has 2 aromatic rings. The highest BCUT2D eigenvalue weighted by Gasteiger charge is 2.10. The van der Waals surface area contributed by atoms with Crippen LogP contribution in [0, 0.1) is 5.82 Å². The number of ether oxygens (including phenoxy) is 1. The summed E-state index contributed by atoms with van der Waals surface area (Å²) >= 11 is 5.68. The number of anilines is 1. The molecular formula is C14H14ClFN2O. The van der Waals surface area contributed by atoms with E-state index in [-0.39, 0.29) is 5.82 Å². The van der Waals surface area contributed by atoms with E-state index in [2.05, 4.69) is 4.98 Å². The lowest BCUT2D eigenvalue weighted by Crippen LogP contribution is -2.19. The van der Waals surface area contributed by atoms with Crippen molar-refractivity contribution in [1.82, 2.24) is 4.98 Å². The maximum absolute atomic E-state index is 13.7. The molecule has 1 aromatic carbocycles. The van der Waals surface area contributed by atoms with Gasteiger partial charge in [0.1, 0.15) is 5.75 Å². The van der Waals surface area contributed by atoms with Crippen LogP contribution in [-0.4, -0.2) is 19.1 Å². The Bertz CT molecular complexity index is 560. The zero-order chi connectivity index (χ0) is 13.8. The highest BCUT2D eigenvalue weighted by Crippen LogP contribution is 2.20. The zero-order valence-electron chi connectivity index (χ0n) is 10.7. The van der Waals surface area contributed by atoms with E-state index in [0.717, 1.165) is 11.3 Å². The molecule has 0 aliphatic heterocycles. The van der Waals surface area contributed by atoms with Crippen molar-refractivity contribution in [3.63, 3.8) is 0 Å². The lowest BCUT2D eigenvalue weighted by Gasteiger charge is -2.19. The number of methoxy groups -OCH3 is 1. The SMILES string of the molecule is COc1ccc(CN(C)c2ncc(Cl)cc2F)cc1. The molecule has 0 fully saturated rings. The summed E-state index contributed by atoms with van der Waals surface area (Å²) in [6.45, 7) is 0.551. The molecule has 1 aromatic heterocycles. The Hall–Kier alpha value is -1.81. The standard InChI is InChI=1S/C14H14ClFN2O/c1-18(14-13(16)7-11(15)8-17-14)9-10-3-5-12(19-2)6-4-10/h3-8H,9H2,1-2H3. The van der Waals surface area contributed by atoms with Crippen molar-refractivity contribution in [2.24, 2.45) is 0 Å². The van der Waals surface area contributed by atoms with Crippen molar-refractivity contribution in [2.45, 2.75) is 6.54 Å². The summed E-state index contributed by atoms with van der Waals surface area (Å²) in [6, 6.07) is 8.87. The molecule has 5 heteroatoms. The lowest BCUT2D eigenvalue weighted by atomic mass is 10.2. The second-order valence-electron chi connectivity index (χ2n) is 4.16. The molecule has 1 heterocycles. The van der Waals surface area contributed by atoms with Gasteiger partial charge in [-0.15, -0.1) is 0 Å². The molecule has 0 amide bonds. The van der Waals surface area contributed by atoms with E-state index < -0.39 is 5.82 Å². The topological polar surface area (TPSA) is 25.4 Å². The van der Waals surface area contributed by atoms with Gasteiger partial charge in [-0.2, -0.15) is 0 Å². The first-order chi connectivity index (χ1) is 9.10. The first kappa shape index (κ1) is 13.6. The zero-order valence-corrected chi connectivity index (χ0v) is 11.5. The molecule has 0 radical (unpaired) electrons. The smallest absolute Gasteiger partial charge is 0.167 e. The summed E-state index contributed by atoms with van der Waals surface area (Å²) < 4.78 is 18.8. The van der Waals surface area contributed by atoms with Crippen LogP contribution in [0.5, 0.6) is 5.75 Å². The quantitative estimate of drug-likeness (QED) is 0.857. The minimum Gasteiger partial charge on any atom is -0.497 e. The molecule has 19 heavy (non-hydrogen) atoms. The molecule has 100 valence electrons. The molecule has 0 aliphatic rings. The summed E-state index contributed by atoms with van der Waals surface area (Å²) in [5, 5.41) is 0.291. The number of pyridine rings is 1. The van der Waals surface area contributed by atoms with Crippen LogP contribution >= 0.6 is 11.6 Å². The van der Waals surface area contributed by atoms with Crippen LogP contribution in [0.2, 0.25) is 5.02 Å². The number of hydrogen-bond donors (Lipinski definition) is 0. The molecule has 0 bridgehead atoms. The molecule has 0 atom stereocenters. The summed E-state index contributed by atoms with van der Waals surface area (Å²) in [5.41, 5.74) is 1.04. The van der Waals surface area contributed by atoms with Crippen molar-refractivity contribution in [2.75, 3.05) is 19.1 Å². The van der Waals surface area contributed by atoms with Gasteiger partial charge in [0.25, 0.3) is 0 Å². The Labute approximate surface area is 116 Å². The van der Waals surface area contributed by atoms with E-state index in [1.165, 1.54) is 12.3 Å². The highest BCUT2D eigenvalue weighted by molar-refractivity contribution is 6.30. The lowest BCUT2D eigenvalue weighted by molar-refractivity contribution is 0.414. The summed E-state index contributed by atoms with van der Waals surface area (Å²) in [5.74, 6) is 0.644. The molecule has 0 saturated heterocycles. The van der Waals surface area contributed by atoms with E-state index in [0.29, 0.717) is 11.6 Å². The van der Waals surface area contributed by atoms with Crippen LogP contribution < -0.4 is 9.64 Å². The van der Waals surface area contributed by atoms with Crippen LogP contribution in [-0.2, 0) is 6.54 Å². The average molecular weight is 281 g/mol. The maximum Gasteiger partial charge on any atom is 0.167 e. The molecule has 0 N–H and O–H groups in total. The molecule has 0 aliphatic carbocycles. The van der Waals surface area contributed by atoms with Gasteiger partial charge in [-0.25, -0.2) is 9.37 Å². The molecule has 3 nitrogen and oxygen atoms in total. The average Bonchev–Trinajstić information content (AvgIpc) is 2.39. The van der Waals surface area contributed by atoms with E-state index in [1.807, 2.05) is 24.3 Å². The van der Waals surface area contributed by atoms with Crippen LogP contribution in [0.4, 0.5) is 10.2 Å². The maximum atomic E-state index is 13.7. The van der Waals surface area contributed by atoms with Crippen molar-refractivity contribution >= 4 is 17.4 Å². The number of nitrogens with zero attached hydrogens (tertiary/aromatic N) is 2. The third-order valence-corrected chi connectivity index (χ3v) is 2.94. The second-order valence-corrected chi connectivity index (χ2v) is 4.60. The van der Waals surface area contributed by atoms with E-state index in [1.54, 1.807) is 19.1 Å². The summed E-state index contributed by atoms with van der Waals surface area (Å²) in [4.78, 5) is 5.73. The van der Waals surface area contributed by atoms with Gasteiger partial charge >= 0.3 is 0 Å². The summed E-state index contributed by atoms with van der Waals surface area (Å²) in [6.07, 6.45) is 1.44. The normalized spacial score (nSPS) is 10.3. The monoisotopic (exact) mass is 280 g/mol. The first-order valence-corrected chi connectivity index (χ1v) is 6.13. The summed E-state index contributed by atoms with van der Waals surface area (Å²) in [7, 11) is 3.40. The second kappa shape index (κ2) is 5.89. The fraction of sp³-hybridized carbons (Fsp3) is 0.214. The third kappa shape index (κ3) is 3.35. The Morgan fingerprint density at radius 1 is 1.32 bits per heavy atom. The minimum atomic E-state index is -0.427. The van der Waals surface area contributed by atoms with Crippen LogP contribution in [0.15, 0.2) is 36.5 Å². The van der Waals surface area contributed by atoms with Crippen molar-refractivity contribution in [1.29, 1.82) is 0 Å². The van der Waals surface area contributed by atoms with Gasteiger partial charge in [0.15, 0.2) is 11.6 Å². The van der Waals surface area contributed by atoms with E-state index in [9.17, 15) is 4.39 Å². The van der Waals surface area contributed by atoms with Gasteiger partial charge in [0, 0.05) is 19.8 Å². The number of aromatic nitrogens is 1. The first-order valence-electron chi connectivity index (χ1n) is 5.75. The van der Waals surface area contributed by atoms with Gasteiger partial charge in [-0.1, -0.05) is 23.7 Å². The largest absolute Gasteiger partial charge is 0.497 e. The number of halogens is 2. The van der Waals surface area contributed by atoms with Gasteiger partial charge in [0.2, 0.25) is 0 Å². The van der Waals surface area contributed by atoms with Gasteiger partial charge in [0.05, 0.1) is 12.1 Å². The third-order valence-electron chi connectivity index (χ3n) is 2.73. The van der Waals surface area contributed by atoms with Gasteiger partial charge in [-0.05, 0) is 23.8 Å². The molecule has 0 spiro atoms. The fourth-order valence-electron chi connectivity index (χ4n) is 1.77. The van der Waals surface area contributed by atoms with Crippen LogP contribution in [0.25, 0.3) is 0 Å². The van der Waals surface area contributed by atoms with Crippen molar-refractivity contribution in [3.05, 3.63) is 52.9 Å². The van der Waals surface area contributed by atoms with Crippen LogP contribution in [0.3, 0.4) is 0 Å². The number of hydrogen-bond acceptors (Lipinski definition) is 3. The molecule has 2 rings (SSSR count). The minimum absolute atomic E-state index is 0.278. The Balaban J connectivity index is 2.13. The number of benzene rings is 1. The van der Waals surface area contributed by atoms with Crippen molar-refractivity contribution < 1.29 is 9.13 Å². The van der Waals surface area contributed by atoms with Crippen LogP contribution in [0.1, 0.15) is 5.56 Å². The highest BCUT2D eigenvalue weighted by atomic mass is 35.5. The molecule has 0 saturated carbocycles. The van der Waals surface area contributed by atoms with Gasteiger partial charge < -0.3 is 9.64 Å². The predicted octanol–water partition coefficient (Wildman–Crippen LogP) is 3.52. The predicted molar refractivity (Wildman–Crippen MR) is 74.3 cm³/mol. The van der Waals surface area contributed by atoms with E-state index >= 15 is 0 Å². The van der Waals surface area contributed by atoms with Gasteiger partial charge in [-0.3, -0.25) is 0 Å². The van der Waals surface area contributed by atoms with Crippen molar-refractivity contribution in [3.8, 4) is 5.75 Å².